The average Bonchev–Trinajstić information content (AvgIpc) is 2.81. The zero-order valence-electron chi connectivity index (χ0n) is 18.3. The van der Waals surface area contributed by atoms with Crippen molar-refractivity contribution in [3.05, 3.63) is 35.9 Å². The molecule has 166 valence electrons. The Morgan fingerprint density at radius 3 is 2.43 bits per heavy atom. The molecule has 0 unspecified atom stereocenters. The summed E-state index contributed by atoms with van der Waals surface area (Å²) in [5.41, 5.74) is 0.842. The minimum absolute atomic E-state index is 0.0483. The van der Waals surface area contributed by atoms with E-state index in [1.807, 2.05) is 30.3 Å². The minimum Gasteiger partial charge on any atom is -0.379 e. The molecule has 1 aliphatic carbocycles. The highest BCUT2D eigenvalue weighted by Gasteiger charge is 2.38. The number of rotatable bonds is 8. The molecule has 1 aliphatic heterocycles. The molecule has 1 saturated carbocycles. The number of benzene rings is 1. The van der Waals surface area contributed by atoms with Crippen molar-refractivity contribution < 1.29 is 9.53 Å². The smallest absolute Gasteiger partial charge is 0.251 e. The van der Waals surface area contributed by atoms with E-state index in [0.29, 0.717) is 18.7 Å². The Labute approximate surface area is 180 Å². The van der Waals surface area contributed by atoms with Gasteiger partial charge >= 0.3 is 0 Å². The van der Waals surface area contributed by atoms with Crippen LogP contribution in [0.3, 0.4) is 0 Å². The van der Waals surface area contributed by atoms with Crippen molar-refractivity contribution in [2.24, 2.45) is 4.99 Å². The van der Waals surface area contributed by atoms with Gasteiger partial charge in [-0.3, -0.25) is 14.7 Å². The Morgan fingerprint density at radius 2 is 1.73 bits per heavy atom. The maximum atomic E-state index is 12.2. The second kappa shape index (κ2) is 11.9. The van der Waals surface area contributed by atoms with E-state index >= 15 is 0 Å². The molecule has 3 rings (SSSR count). The summed E-state index contributed by atoms with van der Waals surface area (Å²) < 4.78 is 5.58. The van der Waals surface area contributed by atoms with Gasteiger partial charge in [0.2, 0.25) is 0 Å². The number of carbonyl (C=O) groups excluding carboxylic acids is 1. The average molecular weight is 416 g/mol. The third-order valence-corrected chi connectivity index (χ3v) is 6.08. The van der Waals surface area contributed by atoms with Gasteiger partial charge in [-0.05, 0) is 31.9 Å². The number of hydrogen-bond acceptors (Lipinski definition) is 4. The molecular weight excluding hydrogens is 378 g/mol. The maximum Gasteiger partial charge on any atom is 0.251 e. The van der Waals surface area contributed by atoms with Gasteiger partial charge in [0.05, 0.1) is 19.8 Å². The van der Waals surface area contributed by atoms with E-state index in [4.69, 9.17) is 9.73 Å². The first-order chi connectivity index (χ1) is 14.7. The molecule has 0 aromatic heterocycles. The van der Waals surface area contributed by atoms with E-state index in [1.54, 1.807) is 0 Å². The number of nitrogens with one attached hydrogen (secondary N) is 3. The first-order valence-electron chi connectivity index (χ1n) is 11.4. The molecule has 1 aromatic rings. The van der Waals surface area contributed by atoms with Gasteiger partial charge in [0, 0.05) is 43.8 Å². The van der Waals surface area contributed by atoms with Gasteiger partial charge in [0.25, 0.3) is 5.91 Å². The number of carbonyl (C=O) groups is 1. The summed E-state index contributed by atoms with van der Waals surface area (Å²) >= 11 is 0. The van der Waals surface area contributed by atoms with Crippen LogP contribution in [0, 0.1) is 0 Å². The lowest BCUT2D eigenvalue weighted by molar-refractivity contribution is -0.0333. The van der Waals surface area contributed by atoms with Gasteiger partial charge < -0.3 is 20.7 Å². The lowest BCUT2D eigenvalue weighted by atomic mass is 9.80. The number of guanidine groups is 1. The highest BCUT2D eigenvalue weighted by atomic mass is 16.5. The lowest BCUT2D eigenvalue weighted by Gasteiger charge is -2.47. The standard InChI is InChI=1S/C23H37N5O2/c1-2-24-22(26-14-13-25-21(29)20-9-5-3-6-10-20)27-19-23(11-7-4-8-12-23)28-15-17-30-18-16-28/h3,5-6,9-10H,2,4,7-8,11-19H2,1H3,(H,25,29)(H2,24,26,27). The van der Waals surface area contributed by atoms with Gasteiger partial charge in [-0.15, -0.1) is 0 Å². The van der Waals surface area contributed by atoms with Gasteiger partial charge in [-0.25, -0.2) is 0 Å². The van der Waals surface area contributed by atoms with Crippen LogP contribution in [0.1, 0.15) is 49.4 Å². The number of hydrogen-bond donors (Lipinski definition) is 3. The lowest BCUT2D eigenvalue weighted by Crippen LogP contribution is -2.56. The molecule has 2 fully saturated rings. The maximum absolute atomic E-state index is 12.2. The van der Waals surface area contributed by atoms with E-state index in [-0.39, 0.29) is 11.4 Å². The molecular formula is C23H37N5O2. The minimum atomic E-state index is -0.0483. The van der Waals surface area contributed by atoms with E-state index < -0.39 is 0 Å². The van der Waals surface area contributed by atoms with Gasteiger partial charge in [0.15, 0.2) is 5.96 Å². The number of amides is 1. The van der Waals surface area contributed by atoms with E-state index in [0.717, 1.165) is 45.4 Å². The fourth-order valence-corrected chi connectivity index (χ4v) is 4.44. The summed E-state index contributed by atoms with van der Waals surface area (Å²) in [5.74, 6) is 0.775. The molecule has 0 spiro atoms. The highest BCUT2D eigenvalue weighted by molar-refractivity contribution is 5.94. The predicted octanol–water partition coefficient (Wildman–Crippen LogP) is 2.01. The Kier molecular flexibility index (Phi) is 8.96. The molecule has 7 nitrogen and oxygen atoms in total. The molecule has 1 saturated heterocycles. The Morgan fingerprint density at radius 1 is 1.03 bits per heavy atom. The molecule has 3 N–H and O–H groups in total. The second-order valence-electron chi connectivity index (χ2n) is 8.13. The summed E-state index contributed by atoms with van der Waals surface area (Å²) in [6, 6.07) is 9.30. The Hall–Kier alpha value is -2.12. The first kappa shape index (κ1) is 22.6. The van der Waals surface area contributed by atoms with Crippen molar-refractivity contribution in [3.8, 4) is 0 Å². The normalized spacial score (nSPS) is 19.8. The molecule has 0 radical (unpaired) electrons. The highest BCUT2D eigenvalue weighted by Crippen LogP contribution is 2.34. The Bertz CT molecular complexity index is 667. The molecule has 0 atom stereocenters. The summed E-state index contributed by atoms with van der Waals surface area (Å²) in [4.78, 5) is 19.7. The van der Waals surface area contributed by atoms with Crippen LogP contribution in [-0.4, -0.2) is 74.8 Å². The molecule has 2 aliphatic rings. The fraction of sp³-hybridized carbons (Fsp3) is 0.652. The van der Waals surface area contributed by atoms with E-state index in [1.165, 1.54) is 32.1 Å². The van der Waals surface area contributed by atoms with Gasteiger partial charge in [0.1, 0.15) is 0 Å². The largest absolute Gasteiger partial charge is 0.379 e. The van der Waals surface area contributed by atoms with Crippen LogP contribution in [0.5, 0.6) is 0 Å². The summed E-state index contributed by atoms with van der Waals surface area (Å²) in [5, 5.41) is 9.67. The zero-order valence-corrected chi connectivity index (χ0v) is 18.3. The van der Waals surface area contributed by atoms with Crippen molar-refractivity contribution >= 4 is 11.9 Å². The van der Waals surface area contributed by atoms with Crippen molar-refractivity contribution in [1.82, 2.24) is 20.9 Å². The SMILES string of the molecule is CCNC(=NCC1(N2CCOCC2)CCCCC1)NCCNC(=O)c1ccccc1. The van der Waals surface area contributed by atoms with Crippen LogP contribution in [0.25, 0.3) is 0 Å². The van der Waals surface area contributed by atoms with Crippen LogP contribution in [0.4, 0.5) is 0 Å². The molecule has 1 aromatic carbocycles. The van der Waals surface area contributed by atoms with Crippen LogP contribution >= 0.6 is 0 Å². The molecule has 7 heteroatoms. The van der Waals surface area contributed by atoms with Crippen LogP contribution in [-0.2, 0) is 4.74 Å². The van der Waals surface area contributed by atoms with Gasteiger partial charge in [-0.1, -0.05) is 37.5 Å². The number of morpholine rings is 1. The Balaban J connectivity index is 1.52. The molecule has 0 bridgehead atoms. The number of ether oxygens (including phenoxy) is 1. The van der Waals surface area contributed by atoms with Crippen molar-refractivity contribution in [2.75, 3.05) is 52.5 Å². The molecule has 1 heterocycles. The third kappa shape index (κ3) is 6.44. The molecule has 1 amide bonds. The third-order valence-electron chi connectivity index (χ3n) is 6.08. The second-order valence-corrected chi connectivity index (χ2v) is 8.13. The van der Waals surface area contributed by atoms with Crippen LogP contribution in [0.2, 0.25) is 0 Å². The van der Waals surface area contributed by atoms with Crippen molar-refractivity contribution in [3.63, 3.8) is 0 Å². The monoisotopic (exact) mass is 415 g/mol. The van der Waals surface area contributed by atoms with Crippen LogP contribution in [0.15, 0.2) is 35.3 Å². The summed E-state index contributed by atoms with van der Waals surface area (Å²) in [7, 11) is 0. The van der Waals surface area contributed by atoms with E-state index in [2.05, 4.69) is 27.8 Å². The van der Waals surface area contributed by atoms with E-state index in [9.17, 15) is 4.79 Å². The van der Waals surface area contributed by atoms with Crippen molar-refractivity contribution in [2.45, 2.75) is 44.6 Å². The van der Waals surface area contributed by atoms with Crippen molar-refractivity contribution in [1.29, 1.82) is 0 Å². The number of aliphatic imine (C=N–C) groups is 1. The first-order valence-corrected chi connectivity index (χ1v) is 11.4. The predicted molar refractivity (Wildman–Crippen MR) is 121 cm³/mol. The zero-order chi connectivity index (χ0) is 21.1. The fourth-order valence-electron chi connectivity index (χ4n) is 4.44. The summed E-state index contributed by atoms with van der Waals surface area (Å²) in [6.45, 7) is 8.53. The van der Waals surface area contributed by atoms with Crippen LogP contribution < -0.4 is 16.0 Å². The van der Waals surface area contributed by atoms with Gasteiger partial charge in [-0.2, -0.15) is 0 Å². The molecule has 30 heavy (non-hydrogen) atoms. The summed E-state index contributed by atoms with van der Waals surface area (Å²) in [6.07, 6.45) is 6.31. The number of nitrogens with zero attached hydrogens (tertiary/aromatic N) is 2. The topological polar surface area (TPSA) is 78.0 Å². The quantitative estimate of drug-likeness (QED) is 0.344.